The molecule has 1 aromatic heterocycles. The maximum Gasteiger partial charge on any atom is -0.00621 e. The quantitative estimate of drug-likeness (QED) is 0.655. The number of allylic oxidation sites excluding steroid dienone is 1. The first kappa shape index (κ1) is 12.0. The van der Waals surface area contributed by atoms with Crippen LogP contribution in [-0.2, 0) is 24.7 Å². The fourth-order valence-electron chi connectivity index (χ4n) is 2.77. The van der Waals surface area contributed by atoms with Gasteiger partial charge >= 0.3 is 0 Å². The highest BCUT2D eigenvalue weighted by Gasteiger charge is 2.25. The van der Waals surface area contributed by atoms with E-state index in [-0.39, 0.29) is 0 Å². The molecule has 0 saturated carbocycles. The molecule has 1 atom stereocenters. The zero-order chi connectivity index (χ0) is 11.8. The summed E-state index contributed by atoms with van der Waals surface area (Å²) in [5.41, 5.74) is 3.81. The van der Waals surface area contributed by atoms with Gasteiger partial charge in [0.15, 0.2) is 0 Å². The fourth-order valence-corrected chi connectivity index (χ4v) is 4.55. The molecule has 1 heterocycles. The zero-order valence-electron chi connectivity index (χ0n) is 10.8. The van der Waals surface area contributed by atoms with E-state index in [1.54, 1.807) is 21.7 Å². The van der Waals surface area contributed by atoms with Crippen molar-refractivity contribution < 1.29 is 0 Å². The van der Waals surface area contributed by atoms with Gasteiger partial charge < -0.3 is 0 Å². The summed E-state index contributed by atoms with van der Waals surface area (Å²) < 4.78 is 0. The van der Waals surface area contributed by atoms with Crippen molar-refractivity contribution in [2.75, 3.05) is 0 Å². The monoisotopic (exact) mass is 234 g/mol. The van der Waals surface area contributed by atoms with E-state index < -0.39 is 0 Å². The third-order valence-corrected chi connectivity index (χ3v) is 5.62. The molecule has 0 saturated heterocycles. The van der Waals surface area contributed by atoms with Gasteiger partial charge in [0.2, 0.25) is 0 Å². The van der Waals surface area contributed by atoms with Gasteiger partial charge in [-0.3, -0.25) is 0 Å². The second-order valence-corrected chi connectivity index (χ2v) is 7.24. The molecule has 0 radical (unpaired) electrons. The van der Waals surface area contributed by atoms with Crippen LogP contribution in [0.3, 0.4) is 0 Å². The van der Waals surface area contributed by atoms with Crippen molar-refractivity contribution >= 4 is 8.19 Å². The Morgan fingerprint density at radius 2 is 1.81 bits per heavy atom. The van der Waals surface area contributed by atoms with E-state index in [1.165, 1.54) is 25.7 Å². The van der Waals surface area contributed by atoms with Gasteiger partial charge in [0.1, 0.15) is 0 Å². The predicted octanol–water partition coefficient (Wildman–Crippen LogP) is 4.62. The minimum absolute atomic E-state index is 0.360. The lowest BCUT2D eigenvalue weighted by Crippen LogP contribution is -2.13. The van der Waals surface area contributed by atoms with Gasteiger partial charge in [-0.2, -0.15) is 0 Å². The van der Waals surface area contributed by atoms with Crippen molar-refractivity contribution in [3.63, 3.8) is 0 Å². The maximum atomic E-state index is 3.90. The summed E-state index contributed by atoms with van der Waals surface area (Å²) in [5, 5.41) is 3.42. The van der Waals surface area contributed by atoms with Gasteiger partial charge in [0.05, 0.1) is 0 Å². The van der Waals surface area contributed by atoms with E-state index in [0.29, 0.717) is 5.41 Å². The van der Waals surface area contributed by atoms with Crippen LogP contribution in [0.15, 0.2) is 12.7 Å². The summed E-state index contributed by atoms with van der Waals surface area (Å²) in [7, 11) is 0.951. The lowest BCUT2D eigenvalue weighted by molar-refractivity contribution is 0.584. The molecule has 1 heteroatoms. The van der Waals surface area contributed by atoms with Crippen LogP contribution in [0, 0.1) is 0 Å². The molecule has 1 aromatic rings. The summed E-state index contributed by atoms with van der Waals surface area (Å²) in [6.45, 7) is 11.0. The van der Waals surface area contributed by atoms with Crippen LogP contribution in [0.2, 0.25) is 0 Å². The topological polar surface area (TPSA) is 0 Å². The molecule has 0 spiro atoms. The van der Waals surface area contributed by atoms with Crippen molar-refractivity contribution in [1.29, 1.82) is 0 Å². The Balaban J connectivity index is 2.50. The third-order valence-electron chi connectivity index (χ3n) is 3.51. The van der Waals surface area contributed by atoms with E-state index in [4.69, 9.17) is 0 Å². The largest absolute Gasteiger partial charge is 0.132 e. The highest BCUT2D eigenvalue weighted by atomic mass is 31.0. The number of hydrogen-bond donors (Lipinski definition) is 0. The number of hydrogen-bond acceptors (Lipinski definition) is 0. The summed E-state index contributed by atoms with van der Waals surface area (Å²) in [6, 6.07) is 0. The minimum atomic E-state index is 0.360. The average Bonchev–Trinajstić information content (AvgIpc) is 2.58. The smallest absolute Gasteiger partial charge is 0.00621 e. The Labute approximate surface area is 101 Å². The van der Waals surface area contributed by atoms with Gasteiger partial charge in [-0.05, 0) is 59.2 Å². The summed E-state index contributed by atoms with van der Waals surface area (Å²) >= 11 is 0. The van der Waals surface area contributed by atoms with Crippen molar-refractivity contribution in [2.45, 2.75) is 58.3 Å². The summed E-state index contributed by atoms with van der Waals surface area (Å²) in [5.74, 6) is 0. The maximum absolute atomic E-state index is 3.90. The van der Waals surface area contributed by atoms with E-state index >= 15 is 0 Å². The predicted molar refractivity (Wildman–Crippen MR) is 75.2 cm³/mol. The minimum Gasteiger partial charge on any atom is -0.132 e. The van der Waals surface area contributed by atoms with Crippen LogP contribution in [0.1, 0.15) is 55.3 Å². The first-order valence-corrected chi connectivity index (χ1v) is 7.38. The molecule has 0 aromatic carbocycles. The Morgan fingerprint density at radius 3 is 2.38 bits per heavy atom. The molecule has 0 nitrogen and oxygen atoms in total. The van der Waals surface area contributed by atoms with Crippen LogP contribution >= 0.6 is 8.19 Å². The van der Waals surface area contributed by atoms with Crippen molar-refractivity contribution in [3.8, 4) is 0 Å². The Morgan fingerprint density at radius 1 is 1.19 bits per heavy atom. The SMILES string of the molecule is C=CCc1[pH]c(C(C)(C)C)c2c1CCCC2. The molecule has 0 fully saturated rings. The van der Waals surface area contributed by atoms with E-state index in [9.17, 15) is 0 Å². The highest BCUT2D eigenvalue weighted by Crippen LogP contribution is 2.44. The van der Waals surface area contributed by atoms with E-state index in [0.717, 1.165) is 14.6 Å². The molecular weight excluding hydrogens is 211 g/mol. The Hall–Kier alpha value is -0.480. The molecule has 16 heavy (non-hydrogen) atoms. The molecule has 0 aliphatic heterocycles. The third kappa shape index (κ3) is 2.13. The van der Waals surface area contributed by atoms with Crippen LogP contribution in [0.4, 0.5) is 0 Å². The van der Waals surface area contributed by atoms with Crippen LogP contribution in [0.25, 0.3) is 0 Å². The summed E-state index contributed by atoms with van der Waals surface area (Å²) in [4.78, 5) is 0. The molecule has 2 rings (SSSR count). The van der Waals surface area contributed by atoms with Crippen molar-refractivity contribution in [3.05, 3.63) is 34.4 Å². The highest BCUT2D eigenvalue weighted by molar-refractivity contribution is 7.32. The first-order chi connectivity index (χ1) is 7.54. The average molecular weight is 234 g/mol. The van der Waals surface area contributed by atoms with Gasteiger partial charge in [0.25, 0.3) is 0 Å². The molecule has 88 valence electrons. The molecule has 0 N–H and O–H groups in total. The normalized spacial score (nSPS) is 16.4. The Kier molecular flexibility index (Phi) is 3.31. The lowest BCUT2D eigenvalue weighted by Gasteiger charge is -2.22. The molecule has 1 aliphatic carbocycles. The molecule has 1 unspecified atom stereocenters. The number of rotatable bonds is 2. The molecular formula is C15H23P. The fraction of sp³-hybridized carbons (Fsp3) is 0.600. The van der Waals surface area contributed by atoms with E-state index in [1.807, 2.05) is 0 Å². The van der Waals surface area contributed by atoms with Gasteiger partial charge in [-0.1, -0.05) is 26.8 Å². The van der Waals surface area contributed by atoms with Crippen LogP contribution in [0.5, 0.6) is 0 Å². The molecule has 0 bridgehead atoms. The first-order valence-electron chi connectivity index (χ1n) is 6.38. The molecule has 0 amide bonds. The van der Waals surface area contributed by atoms with Gasteiger partial charge in [-0.25, -0.2) is 0 Å². The van der Waals surface area contributed by atoms with Crippen molar-refractivity contribution in [1.82, 2.24) is 0 Å². The summed E-state index contributed by atoms with van der Waals surface area (Å²) in [6.07, 6.45) is 8.62. The Bertz CT molecular complexity index is 390. The number of fused-ring (bicyclic) bond motifs is 1. The van der Waals surface area contributed by atoms with E-state index in [2.05, 4.69) is 33.4 Å². The van der Waals surface area contributed by atoms with Crippen LogP contribution < -0.4 is 0 Å². The van der Waals surface area contributed by atoms with Crippen LogP contribution in [-0.4, -0.2) is 0 Å². The molecule has 1 aliphatic rings. The standard InChI is InChI=1S/C15H23P/c1-5-8-13-11-9-6-7-10-12(11)14(16-13)15(2,3)4/h5,16H,1,6-10H2,2-4H3. The second kappa shape index (κ2) is 4.41. The lowest BCUT2D eigenvalue weighted by atomic mass is 9.84. The second-order valence-electron chi connectivity index (χ2n) is 5.89. The van der Waals surface area contributed by atoms with Gasteiger partial charge in [0, 0.05) is 0 Å². The van der Waals surface area contributed by atoms with Crippen molar-refractivity contribution in [2.24, 2.45) is 0 Å². The van der Waals surface area contributed by atoms with Gasteiger partial charge in [-0.15, -0.1) is 14.8 Å². The zero-order valence-corrected chi connectivity index (χ0v) is 11.8.